The normalized spacial score (nSPS) is 10.8. The first kappa shape index (κ1) is 10.3. The van der Waals surface area contributed by atoms with Crippen LogP contribution in [0.4, 0.5) is 13.2 Å². The highest BCUT2D eigenvalue weighted by Crippen LogP contribution is 2.35. The molecule has 0 unspecified atom stereocenters. The molecule has 6 heteroatoms. The number of hydrogen-bond acceptors (Lipinski definition) is 3. The third-order valence-electron chi connectivity index (χ3n) is 1.50. The van der Waals surface area contributed by atoms with Gasteiger partial charge in [0.15, 0.2) is 11.4 Å². The number of nitriles is 1. The number of alkyl halides is 3. The van der Waals surface area contributed by atoms with Gasteiger partial charge in [-0.05, 0) is 6.07 Å². The molecule has 0 fully saturated rings. The van der Waals surface area contributed by atoms with Crippen molar-refractivity contribution in [1.29, 1.82) is 5.26 Å². The lowest BCUT2D eigenvalue weighted by Crippen LogP contribution is -2.11. The van der Waals surface area contributed by atoms with E-state index in [9.17, 15) is 13.2 Å². The van der Waals surface area contributed by atoms with E-state index in [2.05, 4.69) is 9.72 Å². The smallest absolute Gasteiger partial charge is 0.437 e. The Morgan fingerprint density at radius 1 is 1.50 bits per heavy atom. The fourth-order valence-electron chi connectivity index (χ4n) is 0.945. The minimum atomic E-state index is -4.61. The number of nitrogens with zero attached hydrogens (tertiary/aromatic N) is 2. The Kier molecular flexibility index (Phi) is 2.60. The molecule has 0 N–H and O–H groups in total. The average Bonchev–Trinajstić information content (AvgIpc) is 2.15. The van der Waals surface area contributed by atoms with Crippen LogP contribution in [0.3, 0.4) is 0 Å². The Morgan fingerprint density at radius 3 is 2.57 bits per heavy atom. The SMILES string of the molecule is COc1c(C#N)ccnc1C(F)(F)F. The summed E-state index contributed by atoms with van der Waals surface area (Å²) < 4.78 is 41.4. The van der Waals surface area contributed by atoms with E-state index in [0.29, 0.717) is 0 Å². The number of methoxy groups -OCH3 is 1. The standard InChI is InChI=1S/C8H5F3N2O/c1-14-6-5(4-12)2-3-13-7(6)8(9,10)11/h2-3H,1H3. The highest BCUT2D eigenvalue weighted by molar-refractivity contribution is 5.46. The first-order chi connectivity index (χ1) is 6.50. The van der Waals surface area contributed by atoms with Crippen LogP contribution in [0.1, 0.15) is 11.3 Å². The van der Waals surface area contributed by atoms with E-state index in [1.165, 1.54) is 0 Å². The number of pyridine rings is 1. The van der Waals surface area contributed by atoms with Gasteiger partial charge in [-0.15, -0.1) is 0 Å². The van der Waals surface area contributed by atoms with Gasteiger partial charge in [0.1, 0.15) is 6.07 Å². The molecule has 0 saturated heterocycles. The Hall–Kier alpha value is -1.77. The van der Waals surface area contributed by atoms with Crippen LogP contribution in [0.15, 0.2) is 12.3 Å². The zero-order chi connectivity index (χ0) is 10.8. The Morgan fingerprint density at radius 2 is 2.14 bits per heavy atom. The molecule has 1 heterocycles. The monoisotopic (exact) mass is 202 g/mol. The van der Waals surface area contributed by atoms with Gasteiger partial charge in [-0.1, -0.05) is 0 Å². The summed E-state index contributed by atoms with van der Waals surface area (Å²) in [6, 6.07) is 2.75. The highest BCUT2D eigenvalue weighted by Gasteiger charge is 2.37. The van der Waals surface area contributed by atoms with Gasteiger partial charge >= 0.3 is 6.18 Å². The second-order valence-corrected chi connectivity index (χ2v) is 2.35. The molecule has 0 spiro atoms. The van der Waals surface area contributed by atoms with Crippen molar-refractivity contribution in [1.82, 2.24) is 4.98 Å². The second-order valence-electron chi connectivity index (χ2n) is 2.35. The van der Waals surface area contributed by atoms with E-state index in [1.54, 1.807) is 6.07 Å². The molecular weight excluding hydrogens is 197 g/mol. The topological polar surface area (TPSA) is 45.9 Å². The van der Waals surface area contributed by atoms with E-state index in [1.807, 2.05) is 0 Å². The first-order valence-corrected chi connectivity index (χ1v) is 3.51. The molecule has 3 nitrogen and oxygen atoms in total. The van der Waals surface area contributed by atoms with Gasteiger partial charge in [0.2, 0.25) is 0 Å². The predicted octanol–water partition coefficient (Wildman–Crippen LogP) is 1.98. The fraction of sp³-hybridized carbons (Fsp3) is 0.250. The average molecular weight is 202 g/mol. The summed E-state index contributed by atoms with van der Waals surface area (Å²) in [7, 11) is 1.06. The maximum Gasteiger partial charge on any atom is 0.437 e. The van der Waals surface area contributed by atoms with Gasteiger partial charge in [0, 0.05) is 6.20 Å². The van der Waals surface area contributed by atoms with Crippen LogP contribution in [-0.4, -0.2) is 12.1 Å². The fourth-order valence-corrected chi connectivity index (χ4v) is 0.945. The zero-order valence-corrected chi connectivity index (χ0v) is 7.09. The Labute approximate surface area is 77.7 Å². The van der Waals surface area contributed by atoms with Crippen molar-refractivity contribution in [2.24, 2.45) is 0 Å². The van der Waals surface area contributed by atoms with Crippen LogP contribution >= 0.6 is 0 Å². The van der Waals surface area contributed by atoms with Gasteiger partial charge in [-0.3, -0.25) is 0 Å². The molecule has 0 amide bonds. The maximum atomic E-state index is 12.3. The maximum absolute atomic E-state index is 12.3. The summed E-state index contributed by atoms with van der Waals surface area (Å²) in [5.74, 6) is -0.539. The van der Waals surface area contributed by atoms with Crippen LogP contribution in [0.5, 0.6) is 5.75 Å². The molecule has 74 valence electrons. The lowest BCUT2D eigenvalue weighted by Gasteiger charge is -2.10. The summed E-state index contributed by atoms with van der Waals surface area (Å²) in [4.78, 5) is 3.13. The van der Waals surface area contributed by atoms with Crippen LogP contribution in [0, 0.1) is 11.3 Å². The van der Waals surface area contributed by atoms with Crippen LogP contribution in [0.2, 0.25) is 0 Å². The number of aromatic nitrogens is 1. The molecule has 0 radical (unpaired) electrons. The molecule has 1 aromatic heterocycles. The van der Waals surface area contributed by atoms with Gasteiger partial charge in [0.25, 0.3) is 0 Å². The number of hydrogen-bond donors (Lipinski definition) is 0. The number of halogens is 3. The molecule has 0 aliphatic rings. The molecule has 0 saturated carbocycles. The minimum absolute atomic E-state index is 0.185. The van der Waals surface area contributed by atoms with E-state index in [-0.39, 0.29) is 5.56 Å². The predicted molar refractivity (Wildman–Crippen MR) is 40.5 cm³/mol. The lowest BCUT2D eigenvalue weighted by molar-refractivity contribution is -0.142. The quantitative estimate of drug-likeness (QED) is 0.699. The summed E-state index contributed by atoms with van der Waals surface area (Å²) in [5, 5.41) is 8.51. The van der Waals surface area contributed by atoms with Gasteiger partial charge < -0.3 is 4.74 Å². The molecule has 1 rings (SSSR count). The molecule has 14 heavy (non-hydrogen) atoms. The first-order valence-electron chi connectivity index (χ1n) is 3.51. The van der Waals surface area contributed by atoms with E-state index < -0.39 is 17.6 Å². The number of rotatable bonds is 1. The lowest BCUT2D eigenvalue weighted by atomic mass is 10.2. The van der Waals surface area contributed by atoms with Crippen molar-refractivity contribution >= 4 is 0 Å². The summed E-state index contributed by atoms with van der Waals surface area (Å²) in [6.45, 7) is 0. The van der Waals surface area contributed by atoms with Crippen molar-refractivity contribution in [3.8, 4) is 11.8 Å². The van der Waals surface area contributed by atoms with E-state index in [4.69, 9.17) is 5.26 Å². The highest BCUT2D eigenvalue weighted by atomic mass is 19.4. The van der Waals surface area contributed by atoms with Crippen molar-refractivity contribution < 1.29 is 17.9 Å². The van der Waals surface area contributed by atoms with Crippen LogP contribution < -0.4 is 4.74 Å². The Balaban J connectivity index is 3.39. The van der Waals surface area contributed by atoms with Crippen molar-refractivity contribution in [3.05, 3.63) is 23.5 Å². The molecule has 1 aromatic rings. The van der Waals surface area contributed by atoms with Crippen molar-refractivity contribution in [3.63, 3.8) is 0 Å². The molecule has 0 bridgehead atoms. The molecule has 0 aliphatic heterocycles. The van der Waals surface area contributed by atoms with Gasteiger partial charge in [-0.2, -0.15) is 18.4 Å². The van der Waals surface area contributed by atoms with E-state index in [0.717, 1.165) is 19.4 Å². The van der Waals surface area contributed by atoms with Crippen molar-refractivity contribution in [2.75, 3.05) is 7.11 Å². The molecule has 0 atom stereocenters. The molecule has 0 aliphatic carbocycles. The molecule has 0 aromatic carbocycles. The van der Waals surface area contributed by atoms with Gasteiger partial charge in [0.05, 0.1) is 12.7 Å². The third-order valence-corrected chi connectivity index (χ3v) is 1.50. The minimum Gasteiger partial charge on any atom is -0.493 e. The summed E-state index contributed by atoms with van der Waals surface area (Å²) in [5.41, 5.74) is -1.37. The molecular formula is C8H5F3N2O. The van der Waals surface area contributed by atoms with Crippen LogP contribution in [0.25, 0.3) is 0 Å². The van der Waals surface area contributed by atoms with Crippen LogP contribution in [-0.2, 0) is 6.18 Å². The zero-order valence-electron chi connectivity index (χ0n) is 7.09. The number of ether oxygens (including phenoxy) is 1. The largest absolute Gasteiger partial charge is 0.493 e. The second kappa shape index (κ2) is 3.54. The van der Waals surface area contributed by atoms with Gasteiger partial charge in [-0.25, -0.2) is 4.98 Å². The third kappa shape index (κ3) is 1.76. The summed E-state index contributed by atoms with van der Waals surface area (Å²) >= 11 is 0. The summed E-state index contributed by atoms with van der Waals surface area (Å²) in [6.07, 6.45) is -3.69. The van der Waals surface area contributed by atoms with Crippen molar-refractivity contribution in [2.45, 2.75) is 6.18 Å². The Bertz CT molecular complexity index is 381. The van der Waals surface area contributed by atoms with E-state index >= 15 is 0 Å².